The number of primary amides is 1. The van der Waals surface area contributed by atoms with E-state index in [4.69, 9.17) is 5.11 Å². The Morgan fingerprint density at radius 1 is 1.08 bits per heavy atom. The molecule has 0 aliphatic carbocycles. The van der Waals surface area contributed by atoms with Crippen LogP contribution in [0.5, 0.6) is 0 Å². The van der Waals surface area contributed by atoms with Crippen LogP contribution in [0.15, 0.2) is 74.4 Å². The summed E-state index contributed by atoms with van der Waals surface area (Å²) in [5.41, 5.74) is 5.88. The summed E-state index contributed by atoms with van der Waals surface area (Å²) in [6, 6.07) is 10.0. The Balaban J connectivity index is -0.000000263. The van der Waals surface area contributed by atoms with Crippen molar-refractivity contribution in [1.29, 1.82) is 0 Å². The number of nitrogens with two attached hydrogens (primary N) is 1. The van der Waals surface area contributed by atoms with Crippen LogP contribution in [0.3, 0.4) is 0 Å². The molecule has 6 heteroatoms. The molecule has 0 aromatic heterocycles. The molecule has 0 aliphatic rings. The zero-order valence-corrected chi connectivity index (χ0v) is 14.7. The number of hydrogen-bond donors (Lipinski definition) is 3. The molecule has 0 unspecified atom stereocenters. The van der Waals surface area contributed by atoms with Crippen LogP contribution in [-0.4, -0.2) is 29.9 Å². The molecule has 2 amide bonds. The van der Waals surface area contributed by atoms with Gasteiger partial charge in [0.1, 0.15) is 0 Å². The Kier molecular flexibility index (Phi) is 19.7. The molecule has 0 saturated heterocycles. The third-order valence-corrected chi connectivity index (χ3v) is 2.03. The number of likely N-dealkylation sites (N-methyl/N-ethyl adjacent to an activating group) is 1. The predicted octanol–water partition coefficient (Wildman–Crippen LogP) is 2.55. The van der Waals surface area contributed by atoms with Gasteiger partial charge < -0.3 is 16.2 Å². The van der Waals surface area contributed by atoms with Crippen LogP contribution in [0.1, 0.15) is 12.5 Å². The van der Waals surface area contributed by atoms with E-state index < -0.39 is 11.9 Å². The molecule has 6 nitrogen and oxygen atoms in total. The minimum atomic E-state index is -0.935. The molecule has 136 valence electrons. The molecule has 0 heterocycles. The fourth-order valence-electron chi connectivity index (χ4n) is 0.691. The number of carboxylic acid groups (broad SMARTS) is 1. The van der Waals surface area contributed by atoms with Crippen molar-refractivity contribution in [3.8, 4) is 0 Å². The lowest BCUT2D eigenvalue weighted by Gasteiger charge is -1.85. The number of carbonyl (C=O) groups excluding carboxylic acids is 2. The summed E-state index contributed by atoms with van der Waals surface area (Å²) in [6.45, 7) is 14.5. The zero-order valence-electron chi connectivity index (χ0n) is 14.7. The molecule has 0 aliphatic heterocycles. The molecule has 1 rings (SSSR count). The van der Waals surface area contributed by atoms with Gasteiger partial charge >= 0.3 is 5.97 Å². The van der Waals surface area contributed by atoms with Gasteiger partial charge in [-0.3, -0.25) is 9.59 Å². The summed E-state index contributed by atoms with van der Waals surface area (Å²) >= 11 is 0. The highest BCUT2D eigenvalue weighted by Gasteiger charge is 1.90. The van der Waals surface area contributed by atoms with E-state index in [1.807, 2.05) is 36.4 Å². The molecule has 0 atom stereocenters. The van der Waals surface area contributed by atoms with Gasteiger partial charge in [0.25, 0.3) is 0 Å². The van der Waals surface area contributed by atoms with Crippen molar-refractivity contribution >= 4 is 23.9 Å². The highest BCUT2D eigenvalue weighted by atomic mass is 16.4. The van der Waals surface area contributed by atoms with Crippen molar-refractivity contribution in [2.24, 2.45) is 5.73 Å². The van der Waals surface area contributed by atoms with Crippen molar-refractivity contribution < 1.29 is 19.5 Å². The summed E-state index contributed by atoms with van der Waals surface area (Å²) in [6.07, 6.45) is 4.11. The van der Waals surface area contributed by atoms with E-state index in [-0.39, 0.29) is 11.5 Å². The fourth-order valence-corrected chi connectivity index (χ4v) is 0.691. The predicted molar refractivity (Wildman–Crippen MR) is 103 cm³/mol. The van der Waals surface area contributed by atoms with E-state index in [1.165, 1.54) is 18.6 Å². The third kappa shape index (κ3) is 25.9. The van der Waals surface area contributed by atoms with Gasteiger partial charge in [0, 0.05) is 12.6 Å². The lowest BCUT2D eigenvalue weighted by atomic mass is 10.2. The standard InChI is InChI=1S/C8H8.C4H7NO.C4H6O2.C3H5NO/c1-2-8-6-4-3-5-7-8;1-3-4(6)5-2;1-3(2)4(5)6;1-2-3(4)5/h2-7H,1H2;3H,1H2,2H3,(H,5,6);1H2,2H3,(H,5,6);2H,1H2,(H2,4,5). The first-order chi connectivity index (χ1) is 11.7. The van der Waals surface area contributed by atoms with E-state index in [0.29, 0.717) is 0 Å². The van der Waals surface area contributed by atoms with Crippen molar-refractivity contribution in [1.82, 2.24) is 5.32 Å². The highest BCUT2D eigenvalue weighted by Crippen LogP contribution is 1.97. The van der Waals surface area contributed by atoms with E-state index >= 15 is 0 Å². The maximum atomic E-state index is 9.95. The first-order valence-corrected chi connectivity index (χ1v) is 6.98. The second-order valence-electron chi connectivity index (χ2n) is 4.13. The first kappa shape index (κ1) is 26.5. The van der Waals surface area contributed by atoms with Gasteiger partial charge in [-0.05, 0) is 24.6 Å². The van der Waals surface area contributed by atoms with Crippen LogP contribution in [0, 0.1) is 0 Å². The first-order valence-electron chi connectivity index (χ1n) is 6.98. The summed E-state index contributed by atoms with van der Waals surface area (Å²) < 4.78 is 0. The normalized spacial score (nSPS) is 7.44. The summed E-state index contributed by atoms with van der Waals surface area (Å²) in [5.74, 6) is -1.56. The van der Waals surface area contributed by atoms with E-state index in [9.17, 15) is 14.4 Å². The van der Waals surface area contributed by atoms with E-state index in [2.05, 4.69) is 37.4 Å². The van der Waals surface area contributed by atoms with E-state index in [1.54, 1.807) is 7.05 Å². The average molecular weight is 346 g/mol. The number of carbonyl (C=O) groups is 3. The minimum absolute atomic E-state index is 0.144. The second-order valence-corrected chi connectivity index (χ2v) is 4.13. The van der Waals surface area contributed by atoms with Crippen LogP contribution in [0.2, 0.25) is 0 Å². The van der Waals surface area contributed by atoms with Crippen molar-refractivity contribution in [3.63, 3.8) is 0 Å². The third-order valence-electron chi connectivity index (χ3n) is 2.03. The second kappa shape index (κ2) is 18.6. The Labute approximate surface area is 149 Å². The molecule has 0 fully saturated rings. The largest absolute Gasteiger partial charge is 0.478 e. The molecule has 0 radical (unpaired) electrons. The zero-order chi connectivity index (χ0) is 20.3. The molecule has 1 aromatic carbocycles. The van der Waals surface area contributed by atoms with Crippen molar-refractivity contribution in [3.05, 3.63) is 79.9 Å². The summed E-state index contributed by atoms with van der Waals surface area (Å²) in [5, 5.41) is 10.2. The topological polar surface area (TPSA) is 109 Å². The quantitative estimate of drug-likeness (QED) is 0.728. The van der Waals surface area contributed by atoms with Crippen molar-refractivity contribution in [2.75, 3.05) is 7.05 Å². The van der Waals surface area contributed by atoms with Gasteiger partial charge in [0.05, 0.1) is 0 Å². The van der Waals surface area contributed by atoms with Crippen LogP contribution in [-0.2, 0) is 14.4 Å². The van der Waals surface area contributed by atoms with Crippen LogP contribution in [0.25, 0.3) is 6.08 Å². The lowest BCUT2D eigenvalue weighted by molar-refractivity contribution is -0.132. The van der Waals surface area contributed by atoms with Crippen LogP contribution < -0.4 is 11.1 Å². The Morgan fingerprint density at radius 2 is 1.48 bits per heavy atom. The van der Waals surface area contributed by atoms with Gasteiger partial charge in [-0.1, -0.05) is 62.7 Å². The molecular formula is C19H26N2O4. The molecule has 25 heavy (non-hydrogen) atoms. The molecule has 0 saturated carbocycles. The average Bonchev–Trinajstić information content (AvgIpc) is 2.63. The van der Waals surface area contributed by atoms with Gasteiger partial charge in [-0.25, -0.2) is 4.79 Å². The van der Waals surface area contributed by atoms with Crippen molar-refractivity contribution in [2.45, 2.75) is 6.92 Å². The number of amides is 2. The van der Waals surface area contributed by atoms with Gasteiger partial charge in [-0.15, -0.1) is 0 Å². The lowest BCUT2D eigenvalue weighted by Crippen LogP contribution is -2.13. The monoisotopic (exact) mass is 346 g/mol. The molecule has 1 aromatic rings. The number of benzene rings is 1. The number of carboxylic acids is 1. The maximum absolute atomic E-state index is 9.95. The van der Waals surface area contributed by atoms with Gasteiger partial charge in [0.2, 0.25) is 11.8 Å². The fraction of sp³-hybridized carbons (Fsp3) is 0.105. The number of aliphatic carboxylic acids is 1. The summed E-state index contributed by atoms with van der Waals surface area (Å²) in [4.78, 5) is 29.0. The summed E-state index contributed by atoms with van der Waals surface area (Å²) in [7, 11) is 1.56. The molecule has 0 bridgehead atoms. The smallest absolute Gasteiger partial charge is 0.330 e. The SMILES string of the molecule is C=C(C)C(=O)O.C=CC(=O)NC.C=CC(N)=O.C=Cc1ccccc1. The maximum Gasteiger partial charge on any atom is 0.330 e. The number of rotatable bonds is 4. The van der Waals surface area contributed by atoms with E-state index in [0.717, 1.165) is 6.08 Å². The molecular weight excluding hydrogens is 320 g/mol. The van der Waals surface area contributed by atoms with Crippen LogP contribution in [0.4, 0.5) is 0 Å². The van der Waals surface area contributed by atoms with Gasteiger partial charge in [0.15, 0.2) is 0 Å². The minimum Gasteiger partial charge on any atom is -0.478 e. The molecule has 4 N–H and O–H groups in total. The highest BCUT2D eigenvalue weighted by molar-refractivity contribution is 5.86. The van der Waals surface area contributed by atoms with Crippen LogP contribution >= 0.6 is 0 Å². The Hall–Kier alpha value is -3.41. The number of hydrogen-bond acceptors (Lipinski definition) is 3. The molecule has 0 spiro atoms. The Morgan fingerprint density at radius 3 is 1.60 bits per heavy atom. The Bertz CT molecular complexity index is 564. The number of nitrogens with one attached hydrogen (secondary N) is 1. The van der Waals surface area contributed by atoms with Gasteiger partial charge in [-0.2, -0.15) is 0 Å².